The minimum Gasteiger partial charge on any atom is -0.491 e. The van der Waals surface area contributed by atoms with Crippen LogP contribution in [0.15, 0.2) is 18.2 Å². The van der Waals surface area contributed by atoms with E-state index in [-0.39, 0.29) is 11.9 Å². The summed E-state index contributed by atoms with van der Waals surface area (Å²) in [4.78, 5) is 11.1. The van der Waals surface area contributed by atoms with Gasteiger partial charge in [0, 0.05) is 6.42 Å². The number of ether oxygens (including phenoxy) is 1. The summed E-state index contributed by atoms with van der Waals surface area (Å²) in [5.41, 5.74) is 10.3. The second-order valence-corrected chi connectivity index (χ2v) is 4.83. The van der Waals surface area contributed by atoms with E-state index < -0.39 is 11.4 Å². The molecule has 100 valence electrons. The minimum absolute atomic E-state index is 0.282. The van der Waals surface area contributed by atoms with Crippen LogP contribution >= 0.6 is 0 Å². The van der Waals surface area contributed by atoms with Crippen LogP contribution in [-0.4, -0.2) is 17.6 Å². The highest BCUT2D eigenvalue weighted by Gasteiger charge is 2.28. The lowest BCUT2D eigenvalue weighted by Gasteiger charge is -2.25. The Morgan fingerprint density at radius 2 is 2.17 bits per heavy atom. The van der Waals surface area contributed by atoms with Crippen molar-refractivity contribution in [3.8, 4) is 5.75 Å². The summed E-state index contributed by atoms with van der Waals surface area (Å²) in [5, 5.41) is 0. The zero-order chi connectivity index (χ0) is 13.9. The van der Waals surface area contributed by atoms with Gasteiger partial charge in [-0.1, -0.05) is 0 Å². The van der Waals surface area contributed by atoms with Crippen LogP contribution in [0.2, 0.25) is 0 Å². The highest BCUT2D eigenvalue weighted by Crippen LogP contribution is 2.19. The maximum Gasteiger partial charge on any atom is 0.237 e. The van der Waals surface area contributed by atoms with Crippen molar-refractivity contribution in [2.24, 2.45) is 11.5 Å². The van der Waals surface area contributed by atoms with Gasteiger partial charge in [0.15, 0.2) is 0 Å². The summed E-state index contributed by atoms with van der Waals surface area (Å²) in [6.45, 7) is 5.00. The quantitative estimate of drug-likeness (QED) is 0.835. The van der Waals surface area contributed by atoms with E-state index in [1.54, 1.807) is 26.8 Å². The summed E-state index contributed by atoms with van der Waals surface area (Å²) < 4.78 is 18.7. The van der Waals surface area contributed by atoms with Crippen molar-refractivity contribution in [3.63, 3.8) is 0 Å². The molecule has 1 aromatic rings. The molecule has 0 heterocycles. The smallest absolute Gasteiger partial charge is 0.237 e. The first-order chi connectivity index (χ1) is 8.22. The van der Waals surface area contributed by atoms with E-state index in [9.17, 15) is 9.18 Å². The van der Waals surface area contributed by atoms with E-state index in [4.69, 9.17) is 16.2 Å². The van der Waals surface area contributed by atoms with Crippen molar-refractivity contribution in [3.05, 3.63) is 29.6 Å². The summed E-state index contributed by atoms with van der Waals surface area (Å²) in [5.74, 6) is -0.314. The van der Waals surface area contributed by atoms with Crippen molar-refractivity contribution in [2.45, 2.75) is 38.8 Å². The molecule has 0 aromatic heterocycles. The molecule has 0 aliphatic rings. The van der Waals surface area contributed by atoms with E-state index in [0.29, 0.717) is 17.7 Å². The normalized spacial score (nSPS) is 15.8. The van der Waals surface area contributed by atoms with E-state index in [1.807, 2.05) is 0 Å². The zero-order valence-corrected chi connectivity index (χ0v) is 10.9. The first kappa shape index (κ1) is 14.4. The molecule has 0 bridgehead atoms. The molecule has 0 aliphatic carbocycles. The lowest BCUT2D eigenvalue weighted by molar-refractivity contribution is -0.123. The molecule has 1 rings (SSSR count). The number of carbonyl (C=O) groups excluding carboxylic acids is 1. The Kier molecular flexibility index (Phi) is 4.29. The van der Waals surface area contributed by atoms with Gasteiger partial charge in [-0.2, -0.15) is 0 Å². The Morgan fingerprint density at radius 1 is 1.56 bits per heavy atom. The van der Waals surface area contributed by atoms with Crippen LogP contribution in [0, 0.1) is 12.7 Å². The number of halogens is 1. The molecule has 0 saturated carbocycles. The lowest BCUT2D eigenvalue weighted by atomic mass is 9.95. The second kappa shape index (κ2) is 5.35. The van der Waals surface area contributed by atoms with Gasteiger partial charge in [0.2, 0.25) is 5.91 Å². The molecule has 0 fully saturated rings. The predicted octanol–water partition coefficient (Wildman–Crippen LogP) is 1.49. The second-order valence-electron chi connectivity index (χ2n) is 4.83. The van der Waals surface area contributed by atoms with Gasteiger partial charge in [0.05, 0.1) is 11.6 Å². The van der Waals surface area contributed by atoms with Crippen LogP contribution in [0.3, 0.4) is 0 Å². The van der Waals surface area contributed by atoms with E-state index >= 15 is 0 Å². The summed E-state index contributed by atoms with van der Waals surface area (Å²) in [7, 11) is 0. The average Bonchev–Trinajstić information content (AvgIpc) is 2.22. The van der Waals surface area contributed by atoms with Crippen molar-refractivity contribution in [1.82, 2.24) is 0 Å². The van der Waals surface area contributed by atoms with Gasteiger partial charge >= 0.3 is 0 Å². The molecule has 4 nitrogen and oxygen atoms in total. The van der Waals surface area contributed by atoms with Gasteiger partial charge < -0.3 is 16.2 Å². The highest BCUT2D eigenvalue weighted by molar-refractivity contribution is 5.83. The topological polar surface area (TPSA) is 78.3 Å². The number of carbonyl (C=O) groups is 1. The van der Waals surface area contributed by atoms with Gasteiger partial charge in [0.25, 0.3) is 0 Å². The Morgan fingerprint density at radius 3 is 2.67 bits per heavy atom. The molecular weight excluding hydrogens is 235 g/mol. The fourth-order valence-corrected chi connectivity index (χ4v) is 1.66. The van der Waals surface area contributed by atoms with Crippen molar-refractivity contribution >= 4 is 5.91 Å². The average molecular weight is 254 g/mol. The summed E-state index contributed by atoms with van der Waals surface area (Å²) in [6, 6.07) is 4.48. The number of rotatable bonds is 5. The molecule has 4 N–H and O–H groups in total. The standard InChI is InChI=1S/C13H19FN2O2/c1-8-6-10(4-5-11(8)14)18-9(2)7-13(3,16)12(15)17/h4-6,9H,7,16H2,1-3H3,(H2,15,17). The van der Waals surface area contributed by atoms with Gasteiger partial charge in [0.1, 0.15) is 11.6 Å². The SMILES string of the molecule is Cc1cc(OC(C)CC(C)(N)C(N)=O)ccc1F. The molecule has 0 saturated heterocycles. The first-order valence-electron chi connectivity index (χ1n) is 5.74. The maximum absolute atomic E-state index is 13.1. The molecule has 5 heteroatoms. The molecule has 18 heavy (non-hydrogen) atoms. The Balaban J connectivity index is 2.67. The van der Waals surface area contributed by atoms with Crippen LogP contribution in [0.25, 0.3) is 0 Å². The van der Waals surface area contributed by atoms with Crippen LogP contribution in [0.1, 0.15) is 25.8 Å². The Hall–Kier alpha value is -1.62. The highest BCUT2D eigenvalue weighted by atomic mass is 19.1. The van der Waals surface area contributed by atoms with E-state index in [1.165, 1.54) is 12.1 Å². The fourth-order valence-electron chi connectivity index (χ4n) is 1.66. The zero-order valence-electron chi connectivity index (χ0n) is 10.9. The largest absolute Gasteiger partial charge is 0.491 e. The number of aryl methyl sites for hydroxylation is 1. The van der Waals surface area contributed by atoms with Crippen LogP contribution in [0.5, 0.6) is 5.75 Å². The number of hydrogen-bond acceptors (Lipinski definition) is 3. The summed E-state index contributed by atoms with van der Waals surface area (Å²) >= 11 is 0. The van der Waals surface area contributed by atoms with Crippen LogP contribution in [-0.2, 0) is 4.79 Å². The van der Waals surface area contributed by atoms with Gasteiger partial charge in [-0.25, -0.2) is 4.39 Å². The van der Waals surface area contributed by atoms with Crippen molar-refractivity contribution < 1.29 is 13.9 Å². The van der Waals surface area contributed by atoms with Gasteiger partial charge in [-0.05, 0) is 44.5 Å². The van der Waals surface area contributed by atoms with Gasteiger partial charge in [-0.3, -0.25) is 4.79 Å². The molecule has 1 amide bonds. The first-order valence-corrected chi connectivity index (χ1v) is 5.74. The predicted molar refractivity (Wildman–Crippen MR) is 67.6 cm³/mol. The van der Waals surface area contributed by atoms with E-state index in [0.717, 1.165) is 0 Å². The third-order valence-corrected chi connectivity index (χ3v) is 2.74. The summed E-state index contributed by atoms with van der Waals surface area (Å²) in [6.07, 6.45) is -0.00368. The number of benzene rings is 1. The Labute approximate surface area is 106 Å². The van der Waals surface area contributed by atoms with E-state index in [2.05, 4.69) is 0 Å². The van der Waals surface area contributed by atoms with Crippen LogP contribution in [0.4, 0.5) is 4.39 Å². The number of amides is 1. The van der Waals surface area contributed by atoms with Crippen molar-refractivity contribution in [2.75, 3.05) is 0 Å². The molecular formula is C13H19FN2O2. The molecule has 1 aromatic carbocycles. The molecule has 0 radical (unpaired) electrons. The minimum atomic E-state index is -1.12. The van der Waals surface area contributed by atoms with Gasteiger partial charge in [-0.15, -0.1) is 0 Å². The van der Waals surface area contributed by atoms with Crippen LogP contribution < -0.4 is 16.2 Å². The molecule has 0 spiro atoms. The number of nitrogens with two attached hydrogens (primary N) is 2. The molecule has 2 unspecified atom stereocenters. The third kappa shape index (κ3) is 3.70. The molecule has 0 aliphatic heterocycles. The number of hydrogen-bond donors (Lipinski definition) is 2. The lowest BCUT2D eigenvalue weighted by Crippen LogP contribution is -2.51. The molecule has 2 atom stereocenters. The third-order valence-electron chi connectivity index (χ3n) is 2.74. The Bertz CT molecular complexity index is 447. The monoisotopic (exact) mass is 254 g/mol. The number of primary amides is 1. The fraction of sp³-hybridized carbons (Fsp3) is 0.462. The van der Waals surface area contributed by atoms with Crippen molar-refractivity contribution in [1.29, 1.82) is 0 Å². The maximum atomic E-state index is 13.1.